The standard InChI is InChI=1S/C32H39N5O5S3/c1-32(23-37-12-16-43-17-13-37,44-21-24-8-4-3-5-9-24)22-34-31(39)27-19-25-18-26(42-15-14-38)20-28(30(25)35-27)36(2)45(40,41)29-10-6-7-11-33-29/h3-11,18-20,35,38H,12-17,21-23H2,1-2H3,(H,34,39)/t32-/m1/s1. The Morgan fingerprint density at radius 3 is 2.62 bits per heavy atom. The number of thioether (sulfide) groups is 2. The van der Waals surface area contributed by atoms with Crippen LogP contribution in [-0.4, -0.2) is 97.0 Å². The van der Waals surface area contributed by atoms with Crippen LogP contribution in [0.5, 0.6) is 5.75 Å². The largest absolute Gasteiger partial charge is 0.491 e. The van der Waals surface area contributed by atoms with Crippen molar-refractivity contribution in [3.63, 3.8) is 0 Å². The predicted octanol–water partition coefficient (Wildman–Crippen LogP) is 4.23. The molecule has 13 heteroatoms. The summed E-state index contributed by atoms with van der Waals surface area (Å²) in [5, 5.41) is 12.9. The first-order valence-corrected chi connectivity index (χ1v) is 18.3. The van der Waals surface area contributed by atoms with E-state index in [2.05, 4.69) is 39.2 Å². The molecular formula is C32H39N5O5S3. The van der Waals surface area contributed by atoms with E-state index in [1.165, 1.54) is 24.9 Å². The fraction of sp³-hybridized carbons (Fsp3) is 0.375. The minimum Gasteiger partial charge on any atom is -0.491 e. The molecule has 5 rings (SSSR count). The maximum Gasteiger partial charge on any atom is 0.281 e. The van der Waals surface area contributed by atoms with Crippen LogP contribution in [0, 0.1) is 0 Å². The summed E-state index contributed by atoms with van der Waals surface area (Å²) in [5.74, 6) is 3.13. The van der Waals surface area contributed by atoms with E-state index in [0.29, 0.717) is 28.9 Å². The van der Waals surface area contributed by atoms with Crippen molar-refractivity contribution >= 4 is 56.0 Å². The molecule has 0 aliphatic carbocycles. The van der Waals surface area contributed by atoms with Crippen molar-refractivity contribution in [2.45, 2.75) is 22.4 Å². The first-order valence-electron chi connectivity index (χ1n) is 14.8. The van der Waals surface area contributed by atoms with Crippen LogP contribution < -0.4 is 14.4 Å². The summed E-state index contributed by atoms with van der Waals surface area (Å²) in [6, 6.07) is 20.0. The van der Waals surface area contributed by atoms with Gasteiger partial charge in [-0.05, 0) is 36.8 Å². The normalized spacial score (nSPS) is 15.4. The summed E-state index contributed by atoms with van der Waals surface area (Å²) >= 11 is 3.81. The zero-order valence-corrected chi connectivity index (χ0v) is 27.9. The number of nitrogens with zero attached hydrogens (tertiary/aromatic N) is 3. The fourth-order valence-electron chi connectivity index (χ4n) is 5.16. The molecule has 45 heavy (non-hydrogen) atoms. The molecule has 1 atom stereocenters. The number of carbonyl (C=O) groups is 1. The molecule has 2 aromatic carbocycles. The number of amides is 1. The number of hydrogen-bond acceptors (Lipinski definition) is 9. The SMILES string of the molecule is CN(c1cc(OCCO)cc2cc(C(=O)NC[C@](C)(CN3CCSCC3)SCc3ccccc3)[nH]c12)S(=O)(=O)c1ccccn1. The van der Waals surface area contributed by atoms with Crippen molar-refractivity contribution in [2.24, 2.45) is 0 Å². The molecule has 2 aromatic heterocycles. The highest BCUT2D eigenvalue weighted by molar-refractivity contribution is 8.00. The molecule has 0 radical (unpaired) electrons. The zero-order chi connectivity index (χ0) is 31.9. The van der Waals surface area contributed by atoms with Gasteiger partial charge < -0.3 is 25.0 Å². The highest BCUT2D eigenvalue weighted by atomic mass is 32.2. The van der Waals surface area contributed by atoms with Crippen molar-refractivity contribution in [3.05, 3.63) is 84.2 Å². The van der Waals surface area contributed by atoms with Gasteiger partial charge in [-0.25, -0.2) is 4.98 Å². The lowest BCUT2D eigenvalue weighted by Gasteiger charge is -2.37. The number of carbonyl (C=O) groups excluding carboxylic acids is 1. The number of rotatable bonds is 14. The molecule has 1 aliphatic heterocycles. The lowest BCUT2D eigenvalue weighted by atomic mass is 10.1. The number of nitrogens with one attached hydrogen (secondary N) is 2. The molecule has 240 valence electrons. The van der Waals surface area contributed by atoms with E-state index >= 15 is 0 Å². The summed E-state index contributed by atoms with van der Waals surface area (Å²) in [6.45, 7) is 5.40. The molecule has 1 fully saturated rings. The molecule has 0 saturated carbocycles. The first kappa shape index (κ1) is 33.1. The van der Waals surface area contributed by atoms with Crippen LogP contribution >= 0.6 is 23.5 Å². The van der Waals surface area contributed by atoms with E-state index in [-0.39, 0.29) is 34.6 Å². The third-order valence-corrected chi connectivity index (χ3v) is 11.7. The van der Waals surface area contributed by atoms with Gasteiger partial charge in [-0.1, -0.05) is 36.4 Å². The maximum absolute atomic E-state index is 13.6. The Hall–Kier alpha value is -3.23. The van der Waals surface area contributed by atoms with E-state index < -0.39 is 10.0 Å². The summed E-state index contributed by atoms with van der Waals surface area (Å²) in [7, 11) is -2.58. The van der Waals surface area contributed by atoms with Gasteiger partial charge in [0.15, 0.2) is 5.03 Å². The van der Waals surface area contributed by atoms with Crippen molar-refractivity contribution in [1.82, 2.24) is 20.2 Å². The van der Waals surface area contributed by atoms with E-state index in [0.717, 1.165) is 41.2 Å². The van der Waals surface area contributed by atoms with Crippen LogP contribution in [0.3, 0.4) is 0 Å². The number of aliphatic hydroxyl groups is 1. The minimum atomic E-state index is -4.02. The van der Waals surface area contributed by atoms with Gasteiger partial charge in [0.25, 0.3) is 15.9 Å². The Kier molecular flexibility index (Phi) is 11.0. The van der Waals surface area contributed by atoms with Gasteiger partial charge >= 0.3 is 0 Å². The Balaban J connectivity index is 1.39. The number of aromatic nitrogens is 2. The van der Waals surface area contributed by atoms with Crippen LogP contribution in [0.15, 0.2) is 78.0 Å². The number of hydrogen-bond donors (Lipinski definition) is 3. The summed E-state index contributed by atoms with van der Waals surface area (Å²) < 4.78 is 33.5. The monoisotopic (exact) mass is 669 g/mol. The summed E-state index contributed by atoms with van der Waals surface area (Å²) in [4.78, 5) is 23.3. The molecule has 0 bridgehead atoms. The molecular weight excluding hydrogens is 631 g/mol. The van der Waals surface area contributed by atoms with Crippen LogP contribution in [-0.2, 0) is 15.8 Å². The summed E-state index contributed by atoms with van der Waals surface area (Å²) in [5.41, 5.74) is 2.29. The number of aliphatic hydroxyl groups excluding tert-OH is 1. The Morgan fingerprint density at radius 1 is 1.16 bits per heavy atom. The Bertz CT molecular complexity index is 1680. The lowest BCUT2D eigenvalue weighted by Crippen LogP contribution is -2.48. The van der Waals surface area contributed by atoms with Gasteiger partial charge in [0.1, 0.15) is 18.1 Å². The van der Waals surface area contributed by atoms with Crippen LogP contribution in [0.25, 0.3) is 10.9 Å². The summed E-state index contributed by atoms with van der Waals surface area (Å²) in [6.07, 6.45) is 1.42. The number of aromatic amines is 1. The molecule has 0 spiro atoms. The average Bonchev–Trinajstić information content (AvgIpc) is 3.50. The number of benzene rings is 2. The fourth-order valence-corrected chi connectivity index (χ4v) is 8.43. The number of pyridine rings is 1. The second kappa shape index (κ2) is 14.9. The molecule has 1 saturated heterocycles. The van der Waals surface area contributed by atoms with Crippen molar-refractivity contribution in [2.75, 3.05) is 62.3 Å². The molecule has 0 unspecified atom stereocenters. The smallest absolute Gasteiger partial charge is 0.281 e. The quantitative estimate of drug-likeness (QED) is 0.181. The van der Waals surface area contributed by atoms with E-state index in [4.69, 9.17) is 4.74 Å². The molecule has 1 aliphatic rings. The van der Waals surface area contributed by atoms with E-state index in [1.807, 2.05) is 41.7 Å². The van der Waals surface area contributed by atoms with Crippen LogP contribution in [0.4, 0.5) is 5.69 Å². The topological polar surface area (TPSA) is 128 Å². The van der Waals surface area contributed by atoms with Gasteiger partial charge in [-0.3, -0.25) is 9.10 Å². The molecule has 4 aromatic rings. The number of sulfonamides is 1. The maximum atomic E-state index is 13.6. The average molecular weight is 670 g/mol. The third kappa shape index (κ3) is 8.33. The Morgan fingerprint density at radius 2 is 1.91 bits per heavy atom. The van der Waals surface area contributed by atoms with E-state index in [1.54, 1.807) is 30.3 Å². The van der Waals surface area contributed by atoms with Gasteiger partial charge in [-0.2, -0.15) is 20.2 Å². The van der Waals surface area contributed by atoms with Crippen molar-refractivity contribution in [3.8, 4) is 5.75 Å². The Labute approximate surface area is 273 Å². The van der Waals surface area contributed by atoms with Gasteiger partial charge in [0.2, 0.25) is 0 Å². The van der Waals surface area contributed by atoms with Gasteiger partial charge in [-0.15, -0.1) is 11.8 Å². The molecule has 3 heterocycles. The number of fused-ring (bicyclic) bond motifs is 1. The second-order valence-corrected chi connectivity index (χ2v) is 15.8. The molecule has 1 amide bonds. The first-order chi connectivity index (χ1) is 21.7. The number of H-pyrrole nitrogens is 1. The molecule has 10 nitrogen and oxygen atoms in total. The van der Waals surface area contributed by atoms with Crippen LogP contribution in [0.1, 0.15) is 23.0 Å². The van der Waals surface area contributed by atoms with Gasteiger partial charge in [0, 0.05) is 72.9 Å². The minimum absolute atomic E-state index is 0.0361. The van der Waals surface area contributed by atoms with E-state index in [9.17, 15) is 18.3 Å². The van der Waals surface area contributed by atoms with Gasteiger partial charge in [0.05, 0.1) is 17.8 Å². The number of anilines is 1. The van der Waals surface area contributed by atoms with Crippen molar-refractivity contribution < 1.29 is 23.1 Å². The molecule has 3 N–H and O–H groups in total. The van der Waals surface area contributed by atoms with Crippen molar-refractivity contribution in [1.29, 1.82) is 0 Å². The second-order valence-electron chi connectivity index (χ2n) is 11.1. The van der Waals surface area contributed by atoms with Crippen LogP contribution in [0.2, 0.25) is 0 Å². The lowest BCUT2D eigenvalue weighted by molar-refractivity contribution is 0.0943. The highest BCUT2D eigenvalue weighted by Gasteiger charge is 2.30. The highest BCUT2D eigenvalue weighted by Crippen LogP contribution is 2.35. The number of ether oxygens (including phenoxy) is 1. The third-order valence-electron chi connectivity index (χ3n) is 7.60. The zero-order valence-electron chi connectivity index (χ0n) is 25.4. The predicted molar refractivity (Wildman–Crippen MR) is 183 cm³/mol.